The molecule has 1 saturated carbocycles. The summed E-state index contributed by atoms with van der Waals surface area (Å²) in [5, 5.41) is 9.04. The average molecular weight is 243 g/mol. The fraction of sp³-hybridized carbons (Fsp3) is 0.833. The molecule has 0 radical (unpaired) electrons. The molecule has 0 unspecified atom stereocenters. The minimum absolute atomic E-state index is 0.0676. The molecule has 98 valence electrons. The van der Waals surface area contributed by atoms with Crippen LogP contribution in [0.3, 0.4) is 0 Å². The number of carboxylic acids is 1. The van der Waals surface area contributed by atoms with Gasteiger partial charge in [-0.15, -0.1) is 0 Å². The Hall–Kier alpha value is -1.10. The third-order valence-electron chi connectivity index (χ3n) is 3.62. The quantitative estimate of drug-likeness (QED) is 0.750. The molecule has 1 N–H and O–H groups in total. The first-order chi connectivity index (χ1) is 7.87. The molecule has 0 aromatic carbocycles. The zero-order valence-corrected chi connectivity index (χ0v) is 10.9. The van der Waals surface area contributed by atoms with Crippen molar-refractivity contribution in [2.75, 3.05) is 26.8 Å². The molecule has 0 bridgehead atoms. The molecule has 0 heterocycles. The lowest BCUT2D eigenvalue weighted by Gasteiger charge is -2.21. The highest BCUT2D eigenvalue weighted by Gasteiger charge is 2.66. The monoisotopic (exact) mass is 243 g/mol. The van der Waals surface area contributed by atoms with E-state index in [1.165, 1.54) is 0 Å². The van der Waals surface area contributed by atoms with Crippen LogP contribution in [0.15, 0.2) is 0 Å². The number of ether oxygens (including phenoxy) is 1. The first-order valence-electron chi connectivity index (χ1n) is 5.88. The van der Waals surface area contributed by atoms with Gasteiger partial charge in [-0.25, -0.2) is 0 Å². The number of aliphatic carboxylic acids is 1. The zero-order chi connectivity index (χ0) is 13.2. The number of carbonyl (C=O) groups excluding carboxylic acids is 1. The minimum Gasteiger partial charge on any atom is -0.481 e. The van der Waals surface area contributed by atoms with Crippen LogP contribution < -0.4 is 0 Å². The van der Waals surface area contributed by atoms with Crippen molar-refractivity contribution in [1.82, 2.24) is 4.90 Å². The summed E-state index contributed by atoms with van der Waals surface area (Å²) < 4.78 is 4.94. The third-order valence-corrected chi connectivity index (χ3v) is 3.62. The van der Waals surface area contributed by atoms with Crippen molar-refractivity contribution in [1.29, 1.82) is 0 Å². The topological polar surface area (TPSA) is 66.8 Å². The number of hydrogen-bond acceptors (Lipinski definition) is 3. The van der Waals surface area contributed by atoms with Gasteiger partial charge in [0.2, 0.25) is 5.91 Å². The van der Waals surface area contributed by atoms with Crippen molar-refractivity contribution in [2.24, 2.45) is 17.3 Å². The van der Waals surface area contributed by atoms with Crippen LogP contribution >= 0.6 is 0 Å². The van der Waals surface area contributed by atoms with Gasteiger partial charge in [-0.3, -0.25) is 9.59 Å². The van der Waals surface area contributed by atoms with Crippen LogP contribution in [0.1, 0.15) is 20.8 Å². The second-order valence-electron chi connectivity index (χ2n) is 5.03. The Bertz CT molecular complexity index is 314. The molecule has 0 spiro atoms. The van der Waals surface area contributed by atoms with Crippen LogP contribution in [-0.4, -0.2) is 48.7 Å². The van der Waals surface area contributed by atoms with Gasteiger partial charge in [-0.1, -0.05) is 13.8 Å². The first-order valence-corrected chi connectivity index (χ1v) is 5.88. The predicted molar refractivity (Wildman–Crippen MR) is 62.5 cm³/mol. The standard InChI is InChI=1S/C12H21NO4/c1-5-13(6-7-17-4)10(14)8-9(11(15)16)12(8,2)3/h8-9H,5-7H2,1-4H3,(H,15,16)/t8-,9+/m1/s1. The zero-order valence-electron chi connectivity index (χ0n) is 10.9. The number of likely N-dealkylation sites (N-methyl/N-ethyl adjacent to an activating group) is 1. The van der Waals surface area contributed by atoms with E-state index in [1.807, 2.05) is 20.8 Å². The van der Waals surface area contributed by atoms with Crippen LogP contribution in [0.4, 0.5) is 0 Å². The second kappa shape index (κ2) is 5.04. The lowest BCUT2D eigenvalue weighted by atomic mass is 10.1. The van der Waals surface area contributed by atoms with Gasteiger partial charge >= 0.3 is 5.97 Å². The summed E-state index contributed by atoms with van der Waals surface area (Å²) in [5.74, 6) is -1.89. The van der Waals surface area contributed by atoms with Gasteiger partial charge in [0.15, 0.2) is 0 Å². The van der Waals surface area contributed by atoms with Crippen molar-refractivity contribution in [3.8, 4) is 0 Å². The molecule has 0 aromatic rings. The van der Waals surface area contributed by atoms with E-state index in [0.717, 1.165) is 0 Å². The summed E-state index contributed by atoms with van der Waals surface area (Å²) in [7, 11) is 1.58. The normalized spacial score (nSPS) is 25.4. The summed E-state index contributed by atoms with van der Waals surface area (Å²) in [6, 6.07) is 0. The molecule has 1 fully saturated rings. The SMILES string of the molecule is CCN(CCOC)C(=O)[C@H]1[C@@H](C(=O)O)C1(C)C. The molecule has 1 aliphatic rings. The number of carboxylic acid groups (broad SMARTS) is 1. The van der Waals surface area contributed by atoms with Crippen molar-refractivity contribution >= 4 is 11.9 Å². The number of nitrogens with zero attached hydrogens (tertiary/aromatic N) is 1. The van der Waals surface area contributed by atoms with E-state index < -0.39 is 23.2 Å². The predicted octanol–water partition coefficient (Wildman–Crippen LogP) is 0.838. The lowest BCUT2D eigenvalue weighted by molar-refractivity contribution is -0.142. The molecule has 5 heteroatoms. The Morgan fingerprint density at radius 3 is 2.29 bits per heavy atom. The molecule has 17 heavy (non-hydrogen) atoms. The Morgan fingerprint density at radius 1 is 1.35 bits per heavy atom. The van der Waals surface area contributed by atoms with E-state index in [9.17, 15) is 9.59 Å². The fourth-order valence-corrected chi connectivity index (χ4v) is 2.38. The van der Waals surface area contributed by atoms with E-state index >= 15 is 0 Å². The van der Waals surface area contributed by atoms with Crippen LogP contribution in [0, 0.1) is 17.3 Å². The molecule has 0 saturated heterocycles. The van der Waals surface area contributed by atoms with Crippen molar-refractivity contribution in [3.05, 3.63) is 0 Å². The Labute approximate surface area is 102 Å². The molecule has 2 atom stereocenters. The van der Waals surface area contributed by atoms with Gasteiger partial charge in [0.1, 0.15) is 0 Å². The summed E-state index contributed by atoms with van der Waals surface area (Å²) in [6.07, 6.45) is 0. The largest absolute Gasteiger partial charge is 0.481 e. The smallest absolute Gasteiger partial charge is 0.307 e. The highest BCUT2D eigenvalue weighted by atomic mass is 16.5. The third kappa shape index (κ3) is 2.60. The van der Waals surface area contributed by atoms with Gasteiger partial charge < -0.3 is 14.7 Å². The Kier molecular flexibility index (Phi) is 4.14. The number of rotatable bonds is 6. The van der Waals surface area contributed by atoms with E-state index in [1.54, 1.807) is 12.0 Å². The maximum atomic E-state index is 12.2. The lowest BCUT2D eigenvalue weighted by Crippen LogP contribution is -2.36. The minimum atomic E-state index is -0.879. The molecule has 1 amide bonds. The van der Waals surface area contributed by atoms with E-state index in [4.69, 9.17) is 9.84 Å². The molecule has 1 aliphatic carbocycles. The van der Waals surface area contributed by atoms with Crippen molar-refractivity contribution in [3.63, 3.8) is 0 Å². The van der Waals surface area contributed by atoms with Crippen LogP contribution in [0.2, 0.25) is 0 Å². The van der Waals surface area contributed by atoms with Gasteiger partial charge in [-0.05, 0) is 12.3 Å². The van der Waals surface area contributed by atoms with E-state index in [0.29, 0.717) is 19.7 Å². The summed E-state index contributed by atoms with van der Waals surface area (Å²) >= 11 is 0. The number of carbonyl (C=O) groups is 2. The van der Waals surface area contributed by atoms with Gasteiger partial charge in [0, 0.05) is 20.2 Å². The molecule has 0 aromatic heterocycles. The maximum Gasteiger partial charge on any atom is 0.307 e. The number of hydrogen-bond donors (Lipinski definition) is 1. The fourth-order valence-electron chi connectivity index (χ4n) is 2.38. The van der Waals surface area contributed by atoms with E-state index in [-0.39, 0.29) is 5.91 Å². The first kappa shape index (κ1) is 14.0. The molecular formula is C12H21NO4. The van der Waals surface area contributed by atoms with Crippen LogP contribution in [0.25, 0.3) is 0 Å². The Balaban J connectivity index is 2.67. The summed E-state index contributed by atoms with van der Waals surface area (Å²) in [5.41, 5.74) is -0.427. The second-order valence-corrected chi connectivity index (χ2v) is 5.03. The molecule has 0 aliphatic heterocycles. The highest BCUT2D eigenvalue weighted by Crippen LogP contribution is 2.58. The highest BCUT2D eigenvalue weighted by molar-refractivity contribution is 5.91. The van der Waals surface area contributed by atoms with Gasteiger partial charge in [-0.2, -0.15) is 0 Å². The summed E-state index contributed by atoms with van der Waals surface area (Å²) in [4.78, 5) is 24.9. The summed E-state index contributed by atoms with van der Waals surface area (Å²) in [6.45, 7) is 7.13. The number of amides is 1. The Morgan fingerprint density at radius 2 is 1.94 bits per heavy atom. The van der Waals surface area contributed by atoms with Crippen LogP contribution in [0.5, 0.6) is 0 Å². The van der Waals surface area contributed by atoms with E-state index in [2.05, 4.69) is 0 Å². The van der Waals surface area contributed by atoms with Gasteiger partial charge in [0.25, 0.3) is 0 Å². The van der Waals surface area contributed by atoms with Gasteiger partial charge in [0.05, 0.1) is 18.4 Å². The van der Waals surface area contributed by atoms with Crippen molar-refractivity contribution < 1.29 is 19.4 Å². The average Bonchev–Trinajstić information content (AvgIpc) is 2.82. The van der Waals surface area contributed by atoms with Crippen LogP contribution in [-0.2, 0) is 14.3 Å². The molecular weight excluding hydrogens is 222 g/mol. The van der Waals surface area contributed by atoms with Crippen molar-refractivity contribution in [2.45, 2.75) is 20.8 Å². The maximum absolute atomic E-state index is 12.2. The number of methoxy groups -OCH3 is 1. The molecule has 5 nitrogen and oxygen atoms in total. The molecule has 1 rings (SSSR count).